The van der Waals surface area contributed by atoms with Crippen molar-refractivity contribution in [2.24, 2.45) is 5.92 Å². The van der Waals surface area contributed by atoms with E-state index in [2.05, 4.69) is 48.0 Å². The van der Waals surface area contributed by atoms with Crippen LogP contribution in [-0.4, -0.2) is 4.83 Å². The van der Waals surface area contributed by atoms with Crippen LogP contribution in [0.4, 0.5) is 0 Å². The second-order valence-corrected chi connectivity index (χ2v) is 6.69. The van der Waals surface area contributed by atoms with Crippen LogP contribution in [0.15, 0.2) is 18.2 Å². The summed E-state index contributed by atoms with van der Waals surface area (Å²) in [6.07, 6.45) is 8.25. The minimum absolute atomic E-state index is 0.728. The molecule has 1 aliphatic carbocycles. The van der Waals surface area contributed by atoms with Gasteiger partial charge in [-0.2, -0.15) is 0 Å². The van der Waals surface area contributed by atoms with E-state index in [0.29, 0.717) is 0 Å². The summed E-state index contributed by atoms with van der Waals surface area (Å²) in [5.74, 6) is 0.932. The van der Waals surface area contributed by atoms with E-state index in [-0.39, 0.29) is 0 Å². The molecule has 1 unspecified atom stereocenters. The Hall–Kier alpha value is -0.300. The zero-order chi connectivity index (χ0) is 12.3. The number of aryl methyl sites for hydroxylation is 3. The summed E-state index contributed by atoms with van der Waals surface area (Å²) in [4.78, 5) is 0.728. The summed E-state index contributed by atoms with van der Waals surface area (Å²) in [5, 5.41) is 0. The van der Waals surface area contributed by atoms with Gasteiger partial charge in [-0.25, -0.2) is 0 Å². The van der Waals surface area contributed by atoms with E-state index in [1.54, 1.807) is 0 Å². The molecule has 94 valence electrons. The van der Waals surface area contributed by atoms with Crippen molar-refractivity contribution in [1.29, 1.82) is 0 Å². The van der Waals surface area contributed by atoms with E-state index >= 15 is 0 Å². The van der Waals surface area contributed by atoms with Crippen LogP contribution in [0.5, 0.6) is 0 Å². The highest BCUT2D eigenvalue weighted by molar-refractivity contribution is 9.09. The van der Waals surface area contributed by atoms with Gasteiger partial charge in [0, 0.05) is 4.83 Å². The quantitative estimate of drug-likeness (QED) is 0.671. The first-order valence-corrected chi connectivity index (χ1v) is 7.78. The number of benzene rings is 1. The lowest BCUT2D eigenvalue weighted by atomic mass is 9.97. The first-order valence-electron chi connectivity index (χ1n) is 6.87. The third-order valence-corrected chi connectivity index (χ3v) is 5.40. The molecule has 1 heteroatoms. The fourth-order valence-electron chi connectivity index (χ4n) is 2.82. The molecule has 0 aliphatic heterocycles. The average Bonchev–Trinajstić information content (AvgIpc) is 2.84. The third kappa shape index (κ3) is 3.58. The Bertz CT molecular complexity index is 364. The molecule has 1 aromatic rings. The van der Waals surface area contributed by atoms with Gasteiger partial charge in [-0.15, -0.1) is 0 Å². The van der Waals surface area contributed by atoms with E-state index in [0.717, 1.165) is 10.7 Å². The molecular weight excluding hydrogens is 272 g/mol. The number of hydrogen-bond donors (Lipinski definition) is 0. The van der Waals surface area contributed by atoms with E-state index in [4.69, 9.17) is 0 Å². The summed E-state index contributed by atoms with van der Waals surface area (Å²) in [6.45, 7) is 4.40. The second-order valence-electron chi connectivity index (χ2n) is 5.52. The molecule has 1 saturated carbocycles. The summed E-state index contributed by atoms with van der Waals surface area (Å²) in [7, 11) is 0. The van der Waals surface area contributed by atoms with E-state index < -0.39 is 0 Å². The molecule has 17 heavy (non-hydrogen) atoms. The molecule has 1 aliphatic rings. The molecule has 0 radical (unpaired) electrons. The van der Waals surface area contributed by atoms with Crippen molar-refractivity contribution in [1.82, 2.24) is 0 Å². The Labute approximate surface area is 114 Å². The number of hydrogen-bond acceptors (Lipinski definition) is 0. The largest absolute Gasteiger partial charge is 0.0888 e. The molecule has 0 heterocycles. The van der Waals surface area contributed by atoms with Crippen molar-refractivity contribution >= 4 is 15.9 Å². The Morgan fingerprint density at radius 2 is 1.88 bits per heavy atom. The van der Waals surface area contributed by atoms with Gasteiger partial charge in [0.2, 0.25) is 0 Å². The highest BCUT2D eigenvalue weighted by Crippen LogP contribution is 2.33. The second kappa shape index (κ2) is 6.04. The van der Waals surface area contributed by atoms with Gasteiger partial charge in [0.25, 0.3) is 0 Å². The number of halogens is 1. The van der Waals surface area contributed by atoms with Crippen molar-refractivity contribution in [3.05, 3.63) is 34.9 Å². The maximum absolute atomic E-state index is 3.90. The molecule has 0 aromatic heterocycles. The Morgan fingerprint density at radius 1 is 1.18 bits per heavy atom. The Balaban J connectivity index is 1.86. The average molecular weight is 295 g/mol. The highest BCUT2D eigenvalue weighted by Gasteiger charge is 2.22. The van der Waals surface area contributed by atoms with Crippen LogP contribution in [0.1, 0.15) is 48.8 Å². The van der Waals surface area contributed by atoms with Gasteiger partial charge < -0.3 is 0 Å². The van der Waals surface area contributed by atoms with Crippen LogP contribution in [0.3, 0.4) is 0 Å². The van der Waals surface area contributed by atoms with Crippen LogP contribution in [-0.2, 0) is 6.42 Å². The number of rotatable bonds is 4. The minimum atomic E-state index is 0.728. The van der Waals surface area contributed by atoms with Crippen LogP contribution >= 0.6 is 15.9 Å². The molecule has 0 saturated heterocycles. The lowest BCUT2D eigenvalue weighted by Crippen LogP contribution is -2.11. The molecule has 0 N–H and O–H groups in total. The van der Waals surface area contributed by atoms with Gasteiger partial charge in [0.05, 0.1) is 0 Å². The van der Waals surface area contributed by atoms with E-state index in [1.165, 1.54) is 55.2 Å². The van der Waals surface area contributed by atoms with Gasteiger partial charge >= 0.3 is 0 Å². The van der Waals surface area contributed by atoms with Gasteiger partial charge in [-0.3, -0.25) is 0 Å². The molecule has 0 bridgehead atoms. The van der Waals surface area contributed by atoms with Crippen molar-refractivity contribution in [3.8, 4) is 0 Å². The standard InChI is InChI=1S/C16H23Br/c1-12-7-8-14(11-13(12)2)9-10-16(17)15-5-3-4-6-15/h7-8,11,15-16H,3-6,9-10H2,1-2H3. The SMILES string of the molecule is Cc1ccc(CCC(Br)C2CCCC2)cc1C. The first-order chi connectivity index (χ1) is 8.16. The normalized spacial score (nSPS) is 18.5. The monoisotopic (exact) mass is 294 g/mol. The smallest absolute Gasteiger partial charge is 0.0177 e. The highest BCUT2D eigenvalue weighted by atomic mass is 79.9. The molecule has 1 atom stereocenters. The van der Waals surface area contributed by atoms with E-state index in [1.807, 2.05) is 0 Å². The number of alkyl halides is 1. The van der Waals surface area contributed by atoms with Crippen LogP contribution in [0.25, 0.3) is 0 Å². The molecular formula is C16H23Br. The molecule has 1 aromatic carbocycles. The maximum Gasteiger partial charge on any atom is 0.0177 e. The van der Waals surface area contributed by atoms with Crippen molar-refractivity contribution in [2.45, 2.75) is 57.2 Å². The summed E-state index contributed by atoms with van der Waals surface area (Å²) < 4.78 is 0. The van der Waals surface area contributed by atoms with Crippen LogP contribution < -0.4 is 0 Å². The van der Waals surface area contributed by atoms with Gasteiger partial charge in [-0.05, 0) is 62.1 Å². The molecule has 2 rings (SSSR count). The van der Waals surface area contributed by atoms with Crippen LogP contribution in [0.2, 0.25) is 0 Å². The molecule has 1 fully saturated rings. The fraction of sp³-hybridized carbons (Fsp3) is 0.625. The Morgan fingerprint density at radius 3 is 2.53 bits per heavy atom. The maximum atomic E-state index is 3.90. The lowest BCUT2D eigenvalue weighted by molar-refractivity contribution is 0.506. The van der Waals surface area contributed by atoms with Crippen molar-refractivity contribution in [2.75, 3.05) is 0 Å². The molecule has 0 nitrogen and oxygen atoms in total. The topological polar surface area (TPSA) is 0 Å². The third-order valence-electron chi connectivity index (χ3n) is 4.19. The Kier molecular flexibility index (Phi) is 4.67. The predicted octanol–water partition coefficient (Wildman–Crippen LogP) is 5.19. The zero-order valence-corrected chi connectivity index (χ0v) is 12.6. The van der Waals surface area contributed by atoms with Gasteiger partial charge in [-0.1, -0.05) is 47.0 Å². The van der Waals surface area contributed by atoms with Crippen molar-refractivity contribution in [3.63, 3.8) is 0 Å². The summed E-state index contributed by atoms with van der Waals surface area (Å²) >= 11 is 3.90. The molecule has 0 amide bonds. The fourth-order valence-corrected chi connectivity index (χ4v) is 3.58. The predicted molar refractivity (Wildman–Crippen MR) is 78.9 cm³/mol. The minimum Gasteiger partial charge on any atom is -0.0888 e. The lowest BCUT2D eigenvalue weighted by Gasteiger charge is -2.17. The summed E-state index contributed by atoms with van der Waals surface area (Å²) in [5.41, 5.74) is 4.32. The summed E-state index contributed by atoms with van der Waals surface area (Å²) in [6, 6.07) is 6.89. The van der Waals surface area contributed by atoms with Gasteiger partial charge in [0.1, 0.15) is 0 Å². The molecule has 0 spiro atoms. The first kappa shape index (κ1) is 13.1. The van der Waals surface area contributed by atoms with Crippen molar-refractivity contribution < 1.29 is 0 Å². The van der Waals surface area contributed by atoms with Gasteiger partial charge in [0.15, 0.2) is 0 Å². The van der Waals surface area contributed by atoms with Crippen LogP contribution in [0, 0.1) is 19.8 Å². The van der Waals surface area contributed by atoms with E-state index in [9.17, 15) is 0 Å². The zero-order valence-electron chi connectivity index (χ0n) is 11.0.